The van der Waals surface area contributed by atoms with Crippen LogP contribution >= 0.6 is 11.6 Å². The Bertz CT molecular complexity index is 950. The lowest BCUT2D eigenvalue weighted by Crippen LogP contribution is -2.44. The summed E-state index contributed by atoms with van der Waals surface area (Å²) in [6.45, 7) is 3.70. The van der Waals surface area contributed by atoms with Gasteiger partial charge in [-0.15, -0.1) is 0 Å². The van der Waals surface area contributed by atoms with Crippen molar-refractivity contribution < 1.29 is 0 Å². The zero-order valence-corrected chi connectivity index (χ0v) is 15.4. The first-order valence-corrected chi connectivity index (χ1v) is 9.42. The van der Waals surface area contributed by atoms with Crippen LogP contribution in [0.2, 0.25) is 5.15 Å². The zero-order chi connectivity index (χ0) is 17.9. The molecule has 1 fully saturated rings. The number of hydrogen-bond acceptors (Lipinski definition) is 5. The van der Waals surface area contributed by atoms with E-state index >= 15 is 0 Å². The highest BCUT2D eigenvalue weighted by Crippen LogP contribution is 2.50. The molecule has 0 amide bonds. The highest BCUT2D eigenvalue weighted by atomic mass is 35.5. The summed E-state index contributed by atoms with van der Waals surface area (Å²) in [6, 6.07) is 8.74. The second-order valence-corrected chi connectivity index (χ2v) is 7.89. The Morgan fingerprint density at radius 2 is 1.96 bits per heavy atom. The van der Waals surface area contributed by atoms with Crippen LogP contribution in [0.1, 0.15) is 35.7 Å². The Kier molecular flexibility index (Phi) is 3.49. The monoisotopic (exact) mass is 368 g/mol. The largest absolute Gasteiger partial charge is 0.342 e. The predicted octanol–water partition coefficient (Wildman–Crippen LogP) is 3.16. The van der Waals surface area contributed by atoms with Crippen LogP contribution in [0.5, 0.6) is 0 Å². The Hall–Kier alpha value is -2.18. The van der Waals surface area contributed by atoms with Crippen LogP contribution in [0.25, 0.3) is 11.3 Å². The summed E-state index contributed by atoms with van der Waals surface area (Å²) >= 11 is 6.07. The van der Waals surface area contributed by atoms with Crippen molar-refractivity contribution in [2.24, 2.45) is 11.1 Å². The molecule has 5 rings (SSSR count). The Morgan fingerprint density at radius 1 is 1.19 bits per heavy atom. The molecule has 2 aromatic heterocycles. The van der Waals surface area contributed by atoms with Crippen LogP contribution < -0.4 is 10.6 Å². The molecular formula is C19H21ClN6. The number of piperidine rings is 1. The van der Waals surface area contributed by atoms with Gasteiger partial charge in [-0.05, 0) is 42.7 Å². The van der Waals surface area contributed by atoms with Crippen LogP contribution in [0.3, 0.4) is 0 Å². The normalized spacial score (nSPS) is 21.5. The second kappa shape index (κ2) is 5.66. The van der Waals surface area contributed by atoms with Crippen LogP contribution in [-0.2, 0) is 6.42 Å². The number of H-pyrrole nitrogens is 1. The molecule has 1 saturated heterocycles. The van der Waals surface area contributed by atoms with Crippen LogP contribution in [0.4, 0.5) is 5.95 Å². The fourth-order valence-corrected chi connectivity index (χ4v) is 4.63. The molecule has 1 aliphatic carbocycles. The van der Waals surface area contributed by atoms with E-state index in [1.54, 1.807) is 0 Å². The summed E-state index contributed by atoms with van der Waals surface area (Å²) in [5, 5.41) is 0.405. The van der Waals surface area contributed by atoms with Gasteiger partial charge in [-0.25, -0.2) is 9.97 Å². The maximum atomic E-state index is 6.66. The van der Waals surface area contributed by atoms with Crippen molar-refractivity contribution in [1.29, 1.82) is 0 Å². The molecule has 2 aliphatic rings. The summed E-state index contributed by atoms with van der Waals surface area (Å²) < 4.78 is 0. The van der Waals surface area contributed by atoms with E-state index in [0.717, 1.165) is 38.3 Å². The molecule has 0 saturated carbocycles. The summed E-state index contributed by atoms with van der Waals surface area (Å²) in [7, 11) is 0. The molecule has 3 aromatic rings. The van der Waals surface area contributed by atoms with Gasteiger partial charge in [-0.2, -0.15) is 4.98 Å². The third kappa shape index (κ3) is 2.32. The van der Waals surface area contributed by atoms with Gasteiger partial charge in [0.15, 0.2) is 10.8 Å². The van der Waals surface area contributed by atoms with Crippen LogP contribution in [-0.4, -0.2) is 33.0 Å². The maximum absolute atomic E-state index is 6.66. The Balaban J connectivity index is 1.38. The first-order chi connectivity index (χ1) is 12.6. The molecule has 26 heavy (non-hydrogen) atoms. The average Bonchev–Trinajstić information content (AvgIpc) is 3.16. The molecule has 1 aromatic carbocycles. The van der Waals surface area contributed by atoms with E-state index in [4.69, 9.17) is 17.3 Å². The van der Waals surface area contributed by atoms with Gasteiger partial charge in [0.05, 0.1) is 5.69 Å². The van der Waals surface area contributed by atoms with E-state index < -0.39 is 0 Å². The number of imidazole rings is 1. The third-order valence-electron chi connectivity index (χ3n) is 6.09. The lowest BCUT2D eigenvalue weighted by atomic mass is 9.73. The number of anilines is 1. The highest BCUT2D eigenvalue weighted by Gasteiger charge is 2.46. The lowest BCUT2D eigenvalue weighted by Gasteiger charge is -2.42. The van der Waals surface area contributed by atoms with Gasteiger partial charge in [0, 0.05) is 19.1 Å². The minimum absolute atomic E-state index is 0.126. The van der Waals surface area contributed by atoms with Crippen LogP contribution in [0, 0.1) is 12.3 Å². The van der Waals surface area contributed by atoms with Crippen molar-refractivity contribution in [3.63, 3.8) is 0 Å². The van der Waals surface area contributed by atoms with Crippen molar-refractivity contribution in [3.8, 4) is 0 Å². The number of aryl methyl sites for hydroxylation is 1. The molecule has 6 nitrogen and oxygen atoms in total. The van der Waals surface area contributed by atoms with E-state index in [1.165, 1.54) is 11.1 Å². The van der Waals surface area contributed by atoms with Gasteiger partial charge < -0.3 is 15.6 Å². The van der Waals surface area contributed by atoms with Gasteiger partial charge in [-0.3, -0.25) is 0 Å². The van der Waals surface area contributed by atoms with E-state index in [9.17, 15) is 0 Å². The zero-order valence-electron chi connectivity index (χ0n) is 14.7. The van der Waals surface area contributed by atoms with Crippen molar-refractivity contribution >= 4 is 28.8 Å². The first kappa shape index (κ1) is 16.0. The standard InChI is InChI=1S/C19H21ClN6/c1-11-15(20)23-17-16(22-11)24-18(25-17)26-8-6-19(7-9-26)10-12-4-2-3-5-13(12)14(19)21/h2-5,14H,6-10,21H2,1H3,(H,22,23,24,25). The predicted molar refractivity (Wildman–Crippen MR) is 102 cm³/mol. The molecular weight excluding hydrogens is 348 g/mol. The minimum atomic E-state index is 0.126. The van der Waals surface area contributed by atoms with Crippen molar-refractivity contribution in [2.75, 3.05) is 18.0 Å². The molecule has 1 spiro atoms. The molecule has 134 valence electrons. The van der Waals surface area contributed by atoms with E-state index in [1.807, 2.05) is 6.92 Å². The smallest absolute Gasteiger partial charge is 0.206 e. The second-order valence-electron chi connectivity index (χ2n) is 7.54. The quantitative estimate of drug-likeness (QED) is 0.689. The van der Waals surface area contributed by atoms with Crippen molar-refractivity contribution in [3.05, 3.63) is 46.2 Å². The molecule has 1 aliphatic heterocycles. The third-order valence-corrected chi connectivity index (χ3v) is 6.45. The molecule has 1 unspecified atom stereocenters. The number of nitrogens with zero attached hydrogens (tertiary/aromatic N) is 4. The van der Waals surface area contributed by atoms with E-state index in [2.05, 4.69) is 49.1 Å². The minimum Gasteiger partial charge on any atom is -0.342 e. The number of halogens is 1. The number of aromatic amines is 1. The molecule has 0 bridgehead atoms. The Morgan fingerprint density at radius 3 is 2.73 bits per heavy atom. The average molecular weight is 369 g/mol. The van der Waals surface area contributed by atoms with E-state index in [-0.39, 0.29) is 11.5 Å². The number of rotatable bonds is 1. The summed E-state index contributed by atoms with van der Waals surface area (Å²) in [5.41, 5.74) is 11.5. The van der Waals surface area contributed by atoms with E-state index in [0.29, 0.717) is 22.1 Å². The number of aromatic nitrogens is 4. The van der Waals surface area contributed by atoms with Crippen LogP contribution in [0.15, 0.2) is 24.3 Å². The summed E-state index contributed by atoms with van der Waals surface area (Å²) in [5.74, 6) is 0.820. The van der Waals surface area contributed by atoms with Gasteiger partial charge in [0.2, 0.25) is 11.6 Å². The molecule has 3 N–H and O–H groups in total. The SMILES string of the molecule is Cc1nc2[nH]c(N3CCC4(CC3)Cc3ccccc3C4N)nc2nc1Cl. The molecule has 1 atom stereocenters. The highest BCUT2D eigenvalue weighted by molar-refractivity contribution is 6.30. The lowest BCUT2D eigenvalue weighted by molar-refractivity contribution is 0.187. The van der Waals surface area contributed by atoms with Gasteiger partial charge in [0.1, 0.15) is 0 Å². The number of nitrogens with two attached hydrogens (primary N) is 1. The molecule has 0 radical (unpaired) electrons. The summed E-state index contributed by atoms with van der Waals surface area (Å²) in [6.07, 6.45) is 3.19. The van der Waals surface area contributed by atoms with Gasteiger partial charge in [-0.1, -0.05) is 35.9 Å². The fourth-order valence-electron chi connectivity index (χ4n) is 4.51. The maximum Gasteiger partial charge on any atom is 0.206 e. The van der Waals surface area contributed by atoms with Crippen molar-refractivity contribution in [2.45, 2.75) is 32.2 Å². The number of benzene rings is 1. The van der Waals surface area contributed by atoms with Crippen molar-refractivity contribution in [1.82, 2.24) is 19.9 Å². The number of nitrogens with one attached hydrogen (secondary N) is 1. The summed E-state index contributed by atoms with van der Waals surface area (Å²) in [4.78, 5) is 18.9. The number of hydrogen-bond donors (Lipinski definition) is 2. The van der Waals surface area contributed by atoms with Gasteiger partial charge >= 0.3 is 0 Å². The Labute approximate surface area is 156 Å². The molecule has 7 heteroatoms. The number of fused-ring (bicyclic) bond motifs is 2. The van der Waals surface area contributed by atoms with Gasteiger partial charge in [0.25, 0.3) is 0 Å². The first-order valence-electron chi connectivity index (χ1n) is 9.04. The topological polar surface area (TPSA) is 83.7 Å². The fraction of sp³-hybridized carbons (Fsp3) is 0.421. The molecule has 3 heterocycles.